The molecule has 0 fully saturated rings. The molecular formula is C16H8Cl4N2O4. The van der Waals surface area contributed by atoms with Crippen molar-refractivity contribution in [2.24, 2.45) is 0 Å². The SMILES string of the molecule is O=C1C(Cl)=C(Cl)C(=O)N1Cc1ccc(CN2C(=O)C(Cl)=C(Cl)C2=O)cc1. The zero-order valence-electron chi connectivity index (χ0n) is 12.8. The fourth-order valence-electron chi connectivity index (χ4n) is 2.44. The van der Waals surface area contributed by atoms with Crippen LogP contribution in [-0.4, -0.2) is 33.4 Å². The second-order valence-corrected chi connectivity index (χ2v) is 6.98. The molecule has 0 saturated carbocycles. The number of hydrogen-bond donors (Lipinski definition) is 0. The van der Waals surface area contributed by atoms with Crippen LogP contribution in [0.2, 0.25) is 0 Å². The fourth-order valence-corrected chi connectivity index (χ4v) is 3.17. The van der Waals surface area contributed by atoms with Gasteiger partial charge in [-0.3, -0.25) is 29.0 Å². The van der Waals surface area contributed by atoms with Crippen LogP contribution < -0.4 is 0 Å². The summed E-state index contributed by atoms with van der Waals surface area (Å²) in [6.45, 7) is -0.0175. The summed E-state index contributed by atoms with van der Waals surface area (Å²) in [6, 6.07) is 6.60. The van der Waals surface area contributed by atoms with E-state index in [0.29, 0.717) is 11.1 Å². The maximum atomic E-state index is 11.9. The standard InChI is InChI=1S/C16H8Cl4N2O4/c17-9-10(18)14(24)21(13(9)23)5-7-1-2-8(4-3-7)6-22-15(25)11(19)12(20)16(22)26/h1-4H,5-6H2. The first kappa shape index (κ1) is 18.9. The summed E-state index contributed by atoms with van der Waals surface area (Å²) in [7, 11) is 0. The highest BCUT2D eigenvalue weighted by Gasteiger charge is 2.37. The average molecular weight is 434 g/mol. The Hall–Kier alpha value is -1.86. The normalized spacial score (nSPS) is 18.2. The third-order valence-electron chi connectivity index (χ3n) is 3.82. The maximum absolute atomic E-state index is 11.9. The fraction of sp³-hybridized carbons (Fsp3) is 0.125. The number of benzene rings is 1. The van der Waals surface area contributed by atoms with Gasteiger partial charge >= 0.3 is 0 Å². The number of carbonyl (C=O) groups excluding carboxylic acids is 4. The van der Waals surface area contributed by atoms with Crippen molar-refractivity contribution in [3.63, 3.8) is 0 Å². The summed E-state index contributed by atoms with van der Waals surface area (Å²) in [5.74, 6) is -2.63. The van der Waals surface area contributed by atoms with Crippen LogP contribution in [0, 0.1) is 0 Å². The quantitative estimate of drug-likeness (QED) is 0.684. The number of rotatable bonds is 4. The molecule has 0 atom stereocenters. The molecule has 0 spiro atoms. The van der Waals surface area contributed by atoms with Crippen molar-refractivity contribution in [2.75, 3.05) is 0 Å². The monoisotopic (exact) mass is 432 g/mol. The first-order valence-corrected chi connectivity index (χ1v) is 8.64. The van der Waals surface area contributed by atoms with E-state index in [4.69, 9.17) is 46.4 Å². The zero-order chi connectivity index (χ0) is 19.2. The summed E-state index contributed by atoms with van der Waals surface area (Å²) in [4.78, 5) is 49.4. The van der Waals surface area contributed by atoms with E-state index >= 15 is 0 Å². The zero-order valence-corrected chi connectivity index (χ0v) is 15.8. The lowest BCUT2D eigenvalue weighted by Crippen LogP contribution is -2.31. The van der Waals surface area contributed by atoms with E-state index in [0.717, 1.165) is 9.80 Å². The number of imide groups is 2. The van der Waals surface area contributed by atoms with Gasteiger partial charge in [0, 0.05) is 0 Å². The number of hydrogen-bond acceptors (Lipinski definition) is 4. The molecule has 1 aromatic carbocycles. The number of nitrogens with zero attached hydrogens (tertiary/aromatic N) is 2. The number of amides is 4. The van der Waals surface area contributed by atoms with Crippen LogP contribution >= 0.6 is 46.4 Å². The Kier molecular flexibility index (Phi) is 5.12. The minimum absolute atomic E-state index is 0.00876. The van der Waals surface area contributed by atoms with E-state index in [9.17, 15) is 19.2 Å². The molecule has 2 aliphatic rings. The summed E-state index contributed by atoms with van der Waals surface area (Å²) >= 11 is 22.7. The van der Waals surface area contributed by atoms with Crippen molar-refractivity contribution < 1.29 is 19.2 Å². The minimum atomic E-state index is -0.658. The molecule has 4 amide bonds. The van der Waals surface area contributed by atoms with Gasteiger partial charge in [0.2, 0.25) is 0 Å². The Morgan fingerprint density at radius 3 is 1.00 bits per heavy atom. The predicted molar refractivity (Wildman–Crippen MR) is 95.0 cm³/mol. The van der Waals surface area contributed by atoms with Gasteiger partial charge in [-0.05, 0) is 11.1 Å². The highest BCUT2D eigenvalue weighted by atomic mass is 35.5. The molecule has 134 valence electrons. The molecule has 2 aliphatic heterocycles. The van der Waals surface area contributed by atoms with Gasteiger partial charge in [-0.2, -0.15) is 0 Å². The molecule has 2 heterocycles. The lowest BCUT2D eigenvalue weighted by molar-refractivity contribution is -0.139. The van der Waals surface area contributed by atoms with Gasteiger partial charge in [-0.15, -0.1) is 0 Å². The largest absolute Gasteiger partial charge is 0.274 e. The summed E-state index contributed by atoms with van der Waals surface area (Å²) < 4.78 is 0. The van der Waals surface area contributed by atoms with E-state index in [-0.39, 0.29) is 33.2 Å². The van der Waals surface area contributed by atoms with Gasteiger partial charge < -0.3 is 0 Å². The Morgan fingerprint density at radius 1 is 0.538 bits per heavy atom. The third-order valence-corrected chi connectivity index (χ3v) is 5.42. The summed E-state index contributed by atoms with van der Waals surface area (Å²) in [6.07, 6.45) is 0. The van der Waals surface area contributed by atoms with Crippen LogP contribution in [0.25, 0.3) is 0 Å². The van der Waals surface area contributed by atoms with Gasteiger partial charge in [0.1, 0.15) is 20.1 Å². The third kappa shape index (κ3) is 3.14. The predicted octanol–water partition coefficient (Wildman–Crippen LogP) is 2.80. The molecule has 0 radical (unpaired) electrons. The van der Waals surface area contributed by atoms with Gasteiger partial charge in [0.15, 0.2) is 0 Å². The second kappa shape index (κ2) is 7.04. The van der Waals surface area contributed by atoms with E-state index < -0.39 is 23.6 Å². The van der Waals surface area contributed by atoms with Crippen molar-refractivity contribution in [3.8, 4) is 0 Å². The highest BCUT2D eigenvalue weighted by Crippen LogP contribution is 2.29. The van der Waals surface area contributed by atoms with Gasteiger partial charge in [-0.25, -0.2) is 0 Å². The molecular weight excluding hydrogens is 426 g/mol. The Labute approximate surface area is 167 Å². The maximum Gasteiger partial charge on any atom is 0.274 e. The first-order valence-electron chi connectivity index (χ1n) is 7.13. The van der Waals surface area contributed by atoms with E-state index in [1.54, 1.807) is 24.3 Å². The van der Waals surface area contributed by atoms with Crippen molar-refractivity contribution in [1.29, 1.82) is 0 Å². The van der Waals surface area contributed by atoms with Crippen LogP contribution in [0.3, 0.4) is 0 Å². The average Bonchev–Trinajstić information content (AvgIpc) is 2.93. The lowest BCUT2D eigenvalue weighted by Gasteiger charge is -2.16. The molecule has 0 unspecified atom stereocenters. The second-order valence-electron chi connectivity index (χ2n) is 5.47. The molecule has 3 rings (SSSR count). The molecule has 10 heteroatoms. The van der Waals surface area contributed by atoms with E-state index in [1.165, 1.54) is 0 Å². The van der Waals surface area contributed by atoms with Crippen LogP contribution in [0.5, 0.6) is 0 Å². The number of halogens is 4. The first-order chi connectivity index (χ1) is 12.2. The Morgan fingerprint density at radius 2 is 0.769 bits per heavy atom. The van der Waals surface area contributed by atoms with Crippen LogP contribution in [-0.2, 0) is 32.3 Å². The van der Waals surface area contributed by atoms with Gasteiger partial charge in [0.05, 0.1) is 13.1 Å². The molecule has 0 aliphatic carbocycles. The molecule has 26 heavy (non-hydrogen) atoms. The molecule has 0 N–H and O–H groups in total. The molecule has 1 aromatic rings. The molecule has 0 aromatic heterocycles. The molecule has 6 nitrogen and oxygen atoms in total. The Balaban J connectivity index is 1.69. The Bertz CT molecular complexity index is 798. The van der Waals surface area contributed by atoms with Crippen LogP contribution in [0.1, 0.15) is 11.1 Å². The van der Waals surface area contributed by atoms with E-state index in [1.807, 2.05) is 0 Å². The van der Waals surface area contributed by atoms with E-state index in [2.05, 4.69) is 0 Å². The van der Waals surface area contributed by atoms with Crippen molar-refractivity contribution >= 4 is 70.0 Å². The van der Waals surface area contributed by atoms with Crippen molar-refractivity contribution in [3.05, 3.63) is 55.5 Å². The minimum Gasteiger partial charge on any atom is -0.268 e. The topological polar surface area (TPSA) is 74.8 Å². The van der Waals surface area contributed by atoms with Crippen LogP contribution in [0.15, 0.2) is 44.4 Å². The van der Waals surface area contributed by atoms with Crippen molar-refractivity contribution in [2.45, 2.75) is 13.1 Å². The van der Waals surface area contributed by atoms with Crippen molar-refractivity contribution in [1.82, 2.24) is 9.80 Å². The number of carbonyl (C=O) groups is 4. The molecule has 0 saturated heterocycles. The van der Waals surface area contributed by atoms with Gasteiger partial charge in [-0.1, -0.05) is 70.7 Å². The summed E-state index contributed by atoms with van der Waals surface area (Å²) in [5.41, 5.74) is 1.28. The van der Waals surface area contributed by atoms with Gasteiger partial charge in [0.25, 0.3) is 23.6 Å². The molecule has 0 bridgehead atoms. The smallest absolute Gasteiger partial charge is 0.268 e. The lowest BCUT2D eigenvalue weighted by atomic mass is 10.1. The highest BCUT2D eigenvalue weighted by molar-refractivity contribution is 6.58. The summed E-state index contributed by atoms with van der Waals surface area (Å²) in [5, 5.41) is -1.22. The van der Waals surface area contributed by atoms with Crippen LogP contribution in [0.4, 0.5) is 0 Å².